The molecule has 0 amide bonds. The lowest BCUT2D eigenvalue weighted by Gasteiger charge is -2.37. The molecular formula is C16H35NO3SSi. The Morgan fingerprint density at radius 3 is 2.00 bits per heavy atom. The van der Waals surface area contributed by atoms with Crippen LogP contribution >= 0.6 is 0 Å². The summed E-state index contributed by atoms with van der Waals surface area (Å²) in [4.78, 5) is 0. The fourth-order valence-electron chi connectivity index (χ4n) is 1.36. The number of ether oxygens (including phenoxy) is 1. The van der Waals surface area contributed by atoms with Crippen LogP contribution in [0, 0.1) is 5.92 Å². The second-order valence-corrected chi connectivity index (χ2v) is 15.0. The molecular weight excluding hydrogens is 314 g/mol. The third kappa shape index (κ3) is 7.02. The van der Waals surface area contributed by atoms with E-state index in [2.05, 4.69) is 38.3 Å². The van der Waals surface area contributed by atoms with E-state index in [1.807, 2.05) is 27.7 Å². The molecule has 0 saturated heterocycles. The third-order valence-corrected chi connectivity index (χ3v) is 10.2. The first-order valence-corrected chi connectivity index (χ1v) is 11.8. The van der Waals surface area contributed by atoms with Crippen LogP contribution in [0.25, 0.3) is 0 Å². The van der Waals surface area contributed by atoms with Crippen LogP contribution in [0.5, 0.6) is 0 Å². The lowest BCUT2D eigenvalue weighted by Crippen LogP contribution is -2.43. The Hall–Kier alpha value is -0.0431. The molecule has 0 radical (unpaired) electrons. The zero-order valence-corrected chi connectivity index (χ0v) is 17.9. The molecule has 0 aliphatic rings. The third-order valence-electron chi connectivity index (χ3n) is 4.16. The minimum absolute atomic E-state index is 0.0467. The summed E-state index contributed by atoms with van der Waals surface area (Å²) in [6.07, 6.45) is 0. The number of hydrogen-bond donors (Lipinski definition) is 0. The summed E-state index contributed by atoms with van der Waals surface area (Å²) >= 11 is 0. The quantitative estimate of drug-likeness (QED) is 0.511. The van der Waals surface area contributed by atoms with Gasteiger partial charge in [0.15, 0.2) is 8.32 Å². The summed E-state index contributed by atoms with van der Waals surface area (Å²) < 4.78 is 27.8. The smallest absolute Gasteiger partial charge is 0.192 e. The highest BCUT2D eigenvalue weighted by molar-refractivity contribution is 7.85. The van der Waals surface area contributed by atoms with E-state index in [-0.39, 0.29) is 15.7 Å². The Kier molecular flexibility index (Phi) is 8.16. The molecule has 0 fully saturated rings. The first kappa shape index (κ1) is 22.0. The van der Waals surface area contributed by atoms with Gasteiger partial charge in [0.1, 0.15) is 11.0 Å². The molecule has 0 aliphatic carbocycles. The van der Waals surface area contributed by atoms with Gasteiger partial charge in [0.2, 0.25) is 0 Å². The summed E-state index contributed by atoms with van der Waals surface area (Å²) in [5, 5.41) is 0.171. The van der Waals surface area contributed by atoms with Crippen molar-refractivity contribution in [3.05, 3.63) is 0 Å². The van der Waals surface area contributed by atoms with Gasteiger partial charge in [-0.15, -0.1) is 0 Å². The van der Waals surface area contributed by atoms with Gasteiger partial charge in [0.05, 0.1) is 11.4 Å². The first-order chi connectivity index (χ1) is 9.72. The van der Waals surface area contributed by atoms with Gasteiger partial charge < -0.3 is 9.16 Å². The summed E-state index contributed by atoms with van der Waals surface area (Å²) in [5.74, 6) is 0.0467. The molecule has 0 N–H and O–H groups in total. The Morgan fingerprint density at radius 1 is 1.14 bits per heavy atom. The number of hydrogen-bond acceptors (Lipinski definition) is 3. The molecule has 0 saturated carbocycles. The predicted molar refractivity (Wildman–Crippen MR) is 99.5 cm³/mol. The SMILES string of the molecule is COCC(CO[Si](C)(C)C(C)(C)C)/C(C)=N/[S@@](=O)C(C)(C)C. The highest BCUT2D eigenvalue weighted by Crippen LogP contribution is 2.36. The van der Waals surface area contributed by atoms with Crippen LogP contribution in [0.2, 0.25) is 18.1 Å². The maximum Gasteiger partial charge on any atom is 0.192 e. The monoisotopic (exact) mass is 349 g/mol. The highest BCUT2D eigenvalue weighted by atomic mass is 32.2. The van der Waals surface area contributed by atoms with Crippen LogP contribution in [0.1, 0.15) is 48.5 Å². The van der Waals surface area contributed by atoms with Crippen molar-refractivity contribution in [2.45, 2.75) is 71.3 Å². The van der Waals surface area contributed by atoms with Gasteiger partial charge in [-0.05, 0) is 45.8 Å². The minimum Gasteiger partial charge on any atom is -0.416 e. The van der Waals surface area contributed by atoms with E-state index in [0.717, 1.165) is 5.71 Å². The lowest BCUT2D eigenvalue weighted by molar-refractivity contribution is 0.142. The van der Waals surface area contributed by atoms with Crippen LogP contribution < -0.4 is 0 Å². The standard InChI is InChI=1S/C16H35NO3SSi/c1-13(17-21(18)15(2,3)4)14(11-19-8)12-20-22(9,10)16(5,6)7/h14H,11-12H2,1-10H3/b17-13+/t14?,21-/m0/s1. The van der Waals surface area contributed by atoms with Gasteiger partial charge in [0.25, 0.3) is 0 Å². The summed E-state index contributed by atoms with van der Waals surface area (Å²) in [6, 6.07) is 0. The van der Waals surface area contributed by atoms with Crippen LogP contribution in [0.4, 0.5) is 0 Å². The number of rotatable bonds is 7. The molecule has 0 rings (SSSR count). The zero-order chi connectivity index (χ0) is 17.8. The van der Waals surface area contributed by atoms with Crippen molar-refractivity contribution in [1.29, 1.82) is 0 Å². The zero-order valence-electron chi connectivity index (χ0n) is 16.1. The molecule has 0 aromatic carbocycles. The van der Waals surface area contributed by atoms with Crippen LogP contribution in [0.15, 0.2) is 4.40 Å². The Morgan fingerprint density at radius 2 is 1.64 bits per heavy atom. The first-order valence-electron chi connectivity index (χ1n) is 7.82. The van der Waals surface area contributed by atoms with Crippen molar-refractivity contribution in [3.63, 3.8) is 0 Å². The number of nitrogens with zero attached hydrogens (tertiary/aromatic N) is 1. The van der Waals surface area contributed by atoms with Gasteiger partial charge in [-0.3, -0.25) is 0 Å². The largest absolute Gasteiger partial charge is 0.416 e. The molecule has 4 nitrogen and oxygen atoms in total. The summed E-state index contributed by atoms with van der Waals surface area (Å²) in [7, 11) is -1.38. The normalized spacial score (nSPS) is 17.5. The van der Waals surface area contributed by atoms with Crippen molar-refractivity contribution in [1.82, 2.24) is 0 Å². The summed E-state index contributed by atoms with van der Waals surface area (Å²) in [6.45, 7) is 19.9. The maximum absolute atomic E-state index is 12.2. The van der Waals surface area contributed by atoms with E-state index < -0.39 is 19.3 Å². The Bertz CT molecular complexity index is 409. The molecule has 0 spiro atoms. The minimum atomic E-state index is -1.81. The van der Waals surface area contributed by atoms with Crippen molar-refractivity contribution in [2.75, 3.05) is 20.3 Å². The van der Waals surface area contributed by atoms with Crippen LogP contribution in [0.3, 0.4) is 0 Å². The average Bonchev–Trinajstić information content (AvgIpc) is 2.31. The highest BCUT2D eigenvalue weighted by Gasteiger charge is 2.37. The van der Waals surface area contributed by atoms with Crippen LogP contribution in [-0.4, -0.2) is 43.3 Å². The second-order valence-electron chi connectivity index (χ2n) is 8.32. The molecule has 22 heavy (non-hydrogen) atoms. The molecule has 1 unspecified atom stereocenters. The molecule has 0 bridgehead atoms. The van der Waals surface area contributed by atoms with Gasteiger partial charge >= 0.3 is 0 Å². The fourth-order valence-corrected chi connectivity index (χ4v) is 3.09. The average molecular weight is 350 g/mol. The molecule has 0 aliphatic heterocycles. The molecule has 0 aromatic heterocycles. The maximum atomic E-state index is 12.2. The second kappa shape index (κ2) is 8.17. The number of methoxy groups -OCH3 is 1. The molecule has 2 atom stereocenters. The summed E-state index contributed by atoms with van der Waals surface area (Å²) in [5.41, 5.74) is 0.841. The molecule has 132 valence electrons. The van der Waals surface area contributed by atoms with Crippen molar-refractivity contribution in [2.24, 2.45) is 10.3 Å². The van der Waals surface area contributed by atoms with E-state index in [1.54, 1.807) is 7.11 Å². The van der Waals surface area contributed by atoms with Crippen LogP contribution in [-0.2, 0) is 20.1 Å². The topological polar surface area (TPSA) is 47.9 Å². The van der Waals surface area contributed by atoms with Crippen molar-refractivity contribution >= 4 is 25.0 Å². The van der Waals surface area contributed by atoms with Gasteiger partial charge in [0, 0.05) is 25.3 Å². The lowest BCUT2D eigenvalue weighted by atomic mass is 10.1. The predicted octanol–water partition coefficient (Wildman–Crippen LogP) is 4.19. The van der Waals surface area contributed by atoms with E-state index in [0.29, 0.717) is 13.2 Å². The molecule has 6 heteroatoms. The van der Waals surface area contributed by atoms with Gasteiger partial charge in [-0.25, -0.2) is 4.21 Å². The molecule has 0 heterocycles. The van der Waals surface area contributed by atoms with Crippen molar-refractivity contribution in [3.8, 4) is 0 Å². The van der Waals surface area contributed by atoms with E-state index >= 15 is 0 Å². The molecule has 0 aromatic rings. The van der Waals surface area contributed by atoms with E-state index in [1.165, 1.54) is 0 Å². The van der Waals surface area contributed by atoms with E-state index in [9.17, 15) is 4.21 Å². The fraction of sp³-hybridized carbons (Fsp3) is 0.938. The Labute approximate surface area is 140 Å². The van der Waals surface area contributed by atoms with E-state index in [4.69, 9.17) is 9.16 Å². The van der Waals surface area contributed by atoms with Crippen molar-refractivity contribution < 1.29 is 13.4 Å². The van der Waals surface area contributed by atoms with Gasteiger partial charge in [-0.1, -0.05) is 20.8 Å². The van der Waals surface area contributed by atoms with Gasteiger partial charge in [-0.2, -0.15) is 4.40 Å². The Balaban J connectivity index is 5.02.